The lowest BCUT2D eigenvalue weighted by atomic mass is 9.84. The fourth-order valence-corrected chi connectivity index (χ4v) is 4.76. The molecule has 0 aliphatic carbocycles. The molecule has 0 saturated carbocycles. The number of alkyl halides is 3. The molecule has 2 aliphatic rings. The van der Waals surface area contributed by atoms with Gasteiger partial charge in [-0.2, -0.15) is 13.2 Å². The first-order valence-electron chi connectivity index (χ1n) is 12.8. The molecule has 0 bridgehead atoms. The van der Waals surface area contributed by atoms with Crippen molar-refractivity contribution in [2.75, 3.05) is 43.4 Å². The number of hydrogen-bond acceptors (Lipinski definition) is 7. The molecular formula is C26H32F4N6O3. The number of likely N-dealkylation sites (N-methyl/N-ethyl adjacent to an activating group) is 1. The molecule has 2 N–H and O–H groups in total. The van der Waals surface area contributed by atoms with Crippen molar-refractivity contribution in [3.05, 3.63) is 30.3 Å². The molecule has 212 valence electrons. The van der Waals surface area contributed by atoms with Gasteiger partial charge in [-0.05, 0) is 40.0 Å². The van der Waals surface area contributed by atoms with Crippen LogP contribution in [-0.4, -0.2) is 78.2 Å². The van der Waals surface area contributed by atoms with Gasteiger partial charge >= 0.3 is 12.2 Å². The third-order valence-electron chi connectivity index (χ3n) is 7.09. The summed E-state index contributed by atoms with van der Waals surface area (Å²) >= 11 is 0. The SMILES string of the molecule is CC(C)Oc1ncc(-c2cc(NC(=O)C3CNC(=O)CC3C(F)(F)F)c(N3CCN(C)[C@@H](C)C3)cc2F)cn1. The molecule has 9 nitrogen and oxygen atoms in total. The molecule has 0 radical (unpaired) electrons. The van der Waals surface area contributed by atoms with Crippen LogP contribution in [0.15, 0.2) is 24.5 Å². The summed E-state index contributed by atoms with van der Waals surface area (Å²) in [5, 5.41) is 4.97. The first-order chi connectivity index (χ1) is 18.3. The normalized spacial score (nSPS) is 22.5. The Morgan fingerprint density at radius 2 is 1.90 bits per heavy atom. The molecule has 3 heterocycles. The van der Waals surface area contributed by atoms with Crippen LogP contribution in [-0.2, 0) is 9.59 Å². The number of carbonyl (C=O) groups is 2. The Hall–Kier alpha value is -3.48. The number of hydrogen-bond donors (Lipinski definition) is 2. The van der Waals surface area contributed by atoms with Crippen LogP contribution in [0.4, 0.5) is 28.9 Å². The standard InChI is InChI=1S/C26H32F4N6O3/c1-14(2)39-25-32-10-16(11-33-25)17-7-21(22(9-20(17)27)36-6-5-35(4)15(3)13-36)34-24(38)18-12-31-23(37)8-19(18)26(28,29)30/h7,9-11,14-15,18-19H,5-6,8,12-13H2,1-4H3,(H,31,37)(H,34,38)/t15-,18?,19?/m0/s1. The van der Waals surface area contributed by atoms with Crippen LogP contribution in [0.25, 0.3) is 11.1 Å². The fourth-order valence-electron chi connectivity index (χ4n) is 4.76. The van der Waals surface area contributed by atoms with Crippen molar-refractivity contribution < 1.29 is 31.9 Å². The fraction of sp³-hybridized carbons (Fsp3) is 0.538. The van der Waals surface area contributed by atoms with Crippen molar-refractivity contribution in [3.63, 3.8) is 0 Å². The van der Waals surface area contributed by atoms with Crippen molar-refractivity contribution in [1.29, 1.82) is 0 Å². The number of anilines is 2. The van der Waals surface area contributed by atoms with E-state index in [0.717, 1.165) is 0 Å². The molecule has 39 heavy (non-hydrogen) atoms. The van der Waals surface area contributed by atoms with Gasteiger partial charge in [-0.3, -0.25) is 9.59 Å². The van der Waals surface area contributed by atoms with Crippen molar-refractivity contribution in [3.8, 4) is 17.1 Å². The molecule has 2 aliphatic heterocycles. The zero-order valence-corrected chi connectivity index (χ0v) is 22.2. The molecule has 1 aromatic heterocycles. The van der Waals surface area contributed by atoms with E-state index in [1.54, 1.807) is 0 Å². The van der Waals surface area contributed by atoms with Gasteiger partial charge in [0, 0.05) is 62.2 Å². The van der Waals surface area contributed by atoms with Crippen LogP contribution in [0.2, 0.25) is 0 Å². The number of amides is 2. The number of nitrogens with zero attached hydrogens (tertiary/aromatic N) is 4. The molecule has 2 unspecified atom stereocenters. The molecule has 2 fully saturated rings. The maximum absolute atomic E-state index is 15.5. The van der Waals surface area contributed by atoms with E-state index in [1.807, 2.05) is 32.7 Å². The van der Waals surface area contributed by atoms with Crippen LogP contribution in [0.3, 0.4) is 0 Å². The number of carbonyl (C=O) groups excluding carboxylic acids is 2. The second-order valence-corrected chi connectivity index (χ2v) is 10.3. The van der Waals surface area contributed by atoms with Gasteiger partial charge in [-0.1, -0.05) is 0 Å². The quantitative estimate of drug-likeness (QED) is 0.530. The predicted octanol–water partition coefficient (Wildman–Crippen LogP) is 3.46. The highest BCUT2D eigenvalue weighted by Crippen LogP contribution is 2.39. The highest BCUT2D eigenvalue weighted by atomic mass is 19.4. The molecule has 13 heteroatoms. The largest absolute Gasteiger partial charge is 0.461 e. The van der Waals surface area contributed by atoms with Gasteiger partial charge in [0.1, 0.15) is 5.82 Å². The monoisotopic (exact) mass is 552 g/mol. The Morgan fingerprint density at radius 1 is 1.21 bits per heavy atom. The van der Waals surface area contributed by atoms with E-state index < -0.39 is 48.6 Å². The number of benzene rings is 1. The van der Waals surface area contributed by atoms with Gasteiger partial charge in [-0.25, -0.2) is 14.4 Å². The number of halogens is 4. The zero-order chi connectivity index (χ0) is 28.5. The maximum atomic E-state index is 15.5. The number of piperidine rings is 1. The van der Waals surface area contributed by atoms with E-state index in [4.69, 9.17) is 4.74 Å². The van der Waals surface area contributed by atoms with E-state index in [0.29, 0.717) is 30.9 Å². The Balaban J connectivity index is 1.70. The summed E-state index contributed by atoms with van der Waals surface area (Å²) in [6, 6.07) is 2.89. The minimum Gasteiger partial charge on any atom is -0.461 e. The second-order valence-electron chi connectivity index (χ2n) is 10.3. The topological polar surface area (TPSA) is 99.7 Å². The van der Waals surface area contributed by atoms with Crippen molar-refractivity contribution in [2.24, 2.45) is 11.8 Å². The Kier molecular flexibility index (Phi) is 8.28. The summed E-state index contributed by atoms with van der Waals surface area (Å²) in [6.07, 6.45) is -2.97. The second kappa shape index (κ2) is 11.3. The summed E-state index contributed by atoms with van der Waals surface area (Å²) in [7, 11) is 1.97. The average Bonchev–Trinajstić information content (AvgIpc) is 2.86. The molecule has 0 spiro atoms. The average molecular weight is 553 g/mol. The van der Waals surface area contributed by atoms with Crippen LogP contribution < -0.4 is 20.3 Å². The third kappa shape index (κ3) is 6.57. The van der Waals surface area contributed by atoms with E-state index in [9.17, 15) is 22.8 Å². The lowest BCUT2D eigenvalue weighted by Crippen LogP contribution is -2.51. The van der Waals surface area contributed by atoms with Crippen molar-refractivity contribution in [1.82, 2.24) is 20.2 Å². The van der Waals surface area contributed by atoms with E-state index >= 15 is 4.39 Å². The van der Waals surface area contributed by atoms with E-state index in [2.05, 4.69) is 25.5 Å². The summed E-state index contributed by atoms with van der Waals surface area (Å²) in [4.78, 5) is 37.2. The van der Waals surface area contributed by atoms with Gasteiger partial charge in [0.05, 0.1) is 29.3 Å². The van der Waals surface area contributed by atoms with E-state index in [1.165, 1.54) is 24.5 Å². The summed E-state index contributed by atoms with van der Waals surface area (Å²) in [5.41, 5.74) is 0.884. The lowest BCUT2D eigenvalue weighted by molar-refractivity contribution is -0.197. The highest BCUT2D eigenvalue weighted by Gasteiger charge is 2.50. The van der Waals surface area contributed by atoms with Crippen LogP contribution in [0, 0.1) is 17.7 Å². The van der Waals surface area contributed by atoms with Gasteiger partial charge in [0.25, 0.3) is 0 Å². The van der Waals surface area contributed by atoms with Gasteiger partial charge in [0.2, 0.25) is 11.8 Å². The molecule has 3 atom stereocenters. The van der Waals surface area contributed by atoms with E-state index in [-0.39, 0.29) is 29.4 Å². The van der Waals surface area contributed by atoms with Gasteiger partial charge in [0.15, 0.2) is 0 Å². The number of piperazine rings is 1. The molecule has 2 amide bonds. The Labute approximate surface area is 223 Å². The zero-order valence-electron chi connectivity index (χ0n) is 22.2. The number of nitrogens with one attached hydrogen (secondary N) is 2. The molecule has 1 aromatic carbocycles. The molecule has 2 aromatic rings. The number of ether oxygens (including phenoxy) is 1. The summed E-state index contributed by atoms with van der Waals surface area (Å²) in [6.45, 7) is 6.90. The van der Waals surface area contributed by atoms with Gasteiger partial charge in [-0.15, -0.1) is 0 Å². The first-order valence-corrected chi connectivity index (χ1v) is 12.8. The molecular weight excluding hydrogens is 520 g/mol. The van der Waals surface area contributed by atoms with Crippen LogP contribution in [0.1, 0.15) is 27.2 Å². The van der Waals surface area contributed by atoms with Crippen molar-refractivity contribution in [2.45, 2.75) is 45.5 Å². The Bertz CT molecular complexity index is 1210. The number of aromatic nitrogens is 2. The third-order valence-corrected chi connectivity index (χ3v) is 7.09. The predicted molar refractivity (Wildman–Crippen MR) is 137 cm³/mol. The van der Waals surface area contributed by atoms with Crippen molar-refractivity contribution >= 4 is 23.2 Å². The Morgan fingerprint density at radius 3 is 2.51 bits per heavy atom. The summed E-state index contributed by atoms with van der Waals surface area (Å²) in [5.74, 6) is -5.93. The maximum Gasteiger partial charge on any atom is 0.393 e. The number of rotatable bonds is 6. The summed E-state index contributed by atoms with van der Waals surface area (Å²) < 4.78 is 62.1. The minimum atomic E-state index is -4.74. The minimum absolute atomic E-state index is 0.0663. The lowest BCUT2D eigenvalue weighted by Gasteiger charge is -2.40. The van der Waals surface area contributed by atoms with Gasteiger partial charge < -0.3 is 25.2 Å². The molecule has 2 saturated heterocycles. The first kappa shape index (κ1) is 28.5. The van der Waals surface area contributed by atoms with Crippen LogP contribution >= 0.6 is 0 Å². The molecule has 4 rings (SSSR count). The van der Waals surface area contributed by atoms with Crippen LogP contribution in [0.5, 0.6) is 6.01 Å². The highest BCUT2D eigenvalue weighted by molar-refractivity contribution is 5.98. The smallest absolute Gasteiger partial charge is 0.393 e.